The first-order chi connectivity index (χ1) is 11.8. The van der Waals surface area contributed by atoms with E-state index in [1.165, 1.54) is 6.07 Å². The maximum absolute atomic E-state index is 12.9. The van der Waals surface area contributed by atoms with Crippen molar-refractivity contribution in [2.45, 2.75) is 52.6 Å². The number of nitrogens with zero attached hydrogens (tertiary/aromatic N) is 2. The van der Waals surface area contributed by atoms with Crippen molar-refractivity contribution in [2.75, 3.05) is 12.0 Å². The zero-order valence-electron chi connectivity index (χ0n) is 15.3. The predicted octanol–water partition coefficient (Wildman–Crippen LogP) is 2.32. The Morgan fingerprint density at radius 2 is 1.96 bits per heavy atom. The quantitative estimate of drug-likeness (QED) is 0.835. The lowest BCUT2D eigenvalue weighted by Crippen LogP contribution is -2.56. The summed E-state index contributed by atoms with van der Waals surface area (Å²) in [5, 5.41) is 0. The van der Waals surface area contributed by atoms with Crippen LogP contribution in [0.5, 0.6) is 0 Å². The van der Waals surface area contributed by atoms with Gasteiger partial charge in [-0.2, -0.15) is 0 Å². The molecule has 6 nitrogen and oxygen atoms in total. The lowest BCUT2D eigenvalue weighted by molar-refractivity contribution is -0.125. The molecule has 2 aliphatic heterocycles. The van der Waals surface area contributed by atoms with Crippen LogP contribution in [0.3, 0.4) is 0 Å². The zero-order valence-corrected chi connectivity index (χ0v) is 15.3. The molecule has 136 valence electrons. The SMILES string of the molecule is C=C.CC(C)(C)C(=O)Cc1c2n(ccc1=O)N[C@@H]1CCCCN1C2=O. The third-order valence-electron chi connectivity index (χ3n) is 4.63. The van der Waals surface area contributed by atoms with Crippen LogP contribution in [0.25, 0.3) is 0 Å². The zero-order chi connectivity index (χ0) is 18.8. The Bertz CT molecular complexity index is 730. The average molecular weight is 345 g/mol. The summed E-state index contributed by atoms with van der Waals surface area (Å²) in [7, 11) is 0. The molecular weight excluding hydrogens is 318 g/mol. The molecule has 1 N–H and O–H groups in total. The number of hydrogen-bond acceptors (Lipinski definition) is 4. The Morgan fingerprint density at radius 1 is 1.28 bits per heavy atom. The van der Waals surface area contributed by atoms with Gasteiger partial charge in [-0.1, -0.05) is 20.8 Å². The molecule has 2 aliphatic rings. The van der Waals surface area contributed by atoms with Crippen LogP contribution in [0.1, 0.15) is 56.1 Å². The van der Waals surface area contributed by atoms with Crippen molar-refractivity contribution in [1.29, 1.82) is 0 Å². The maximum atomic E-state index is 12.9. The smallest absolute Gasteiger partial charge is 0.274 e. The highest BCUT2D eigenvalue weighted by Crippen LogP contribution is 2.25. The molecule has 0 spiro atoms. The second kappa shape index (κ2) is 7.25. The van der Waals surface area contributed by atoms with Gasteiger partial charge < -0.3 is 10.3 Å². The van der Waals surface area contributed by atoms with Gasteiger partial charge >= 0.3 is 0 Å². The molecule has 25 heavy (non-hydrogen) atoms. The molecule has 0 bridgehead atoms. The maximum Gasteiger partial charge on any atom is 0.274 e. The number of hydrogen-bond donors (Lipinski definition) is 1. The minimum absolute atomic E-state index is 0.00949. The highest BCUT2D eigenvalue weighted by atomic mass is 16.2. The predicted molar refractivity (Wildman–Crippen MR) is 98.2 cm³/mol. The molecule has 1 aromatic rings. The van der Waals surface area contributed by atoms with Crippen LogP contribution in [-0.2, 0) is 11.2 Å². The molecule has 6 heteroatoms. The average Bonchev–Trinajstić information content (AvgIpc) is 2.58. The molecular formula is C19H27N3O3. The molecule has 3 rings (SSSR count). The van der Waals surface area contributed by atoms with E-state index >= 15 is 0 Å². The van der Waals surface area contributed by atoms with Crippen LogP contribution < -0.4 is 10.9 Å². The molecule has 0 unspecified atom stereocenters. The number of piperidine rings is 1. The van der Waals surface area contributed by atoms with Crippen LogP contribution in [-0.4, -0.2) is 34.0 Å². The van der Waals surface area contributed by atoms with E-state index in [-0.39, 0.29) is 29.7 Å². The van der Waals surface area contributed by atoms with E-state index in [1.54, 1.807) is 15.8 Å². The van der Waals surface area contributed by atoms with Crippen molar-refractivity contribution >= 4 is 11.7 Å². The topological polar surface area (TPSA) is 71.4 Å². The second-order valence-corrected chi connectivity index (χ2v) is 7.37. The molecule has 1 atom stereocenters. The van der Waals surface area contributed by atoms with Crippen LogP contribution in [0, 0.1) is 5.41 Å². The third kappa shape index (κ3) is 3.67. The molecule has 1 amide bonds. The van der Waals surface area contributed by atoms with E-state index < -0.39 is 5.41 Å². The van der Waals surface area contributed by atoms with Gasteiger partial charge in [0.1, 0.15) is 17.6 Å². The van der Waals surface area contributed by atoms with E-state index in [0.717, 1.165) is 19.3 Å². The fourth-order valence-electron chi connectivity index (χ4n) is 3.12. The van der Waals surface area contributed by atoms with E-state index in [2.05, 4.69) is 18.6 Å². The Hall–Kier alpha value is -2.37. The Labute approximate surface area is 148 Å². The number of aromatic nitrogens is 1. The van der Waals surface area contributed by atoms with E-state index in [0.29, 0.717) is 17.8 Å². The first kappa shape index (κ1) is 19.0. The summed E-state index contributed by atoms with van der Waals surface area (Å²) >= 11 is 0. The summed E-state index contributed by atoms with van der Waals surface area (Å²) in [5.74, 6) is -0.194. The number of ketones is 1. The molecule has 1 saturated heterocycles. The number of carbonyl (C=O) groups excluding carboxylic acids is 2. The monoisotopic (exact) mass is 345 g/mol. The second-order valence-electron chi connectivity index (χ2n) is 7.37. The van der Waals surface area contributed by atoms with Crippen molar-refractivity contribution in [2.24, 2.45) is 5.41 Å². The minimum atomic E-state index is -0.543. The van der Waals surface area contributed by atoms with Crippen LogP contribution >= 0.6 is 0 Å². The van der Waals surface area contributed by atoms with Crippen LogP contribution in [0.2, 0.25) is 0 Å². The number of pyridine rings is 1. The van der Waals surface area contributed by atoms with Gasteiger partial charge in [-0.15, -0.1) is 13.2 Å². The largest absolute Gasteiger partial charge is 0.316 e. The van der Waals surface area contributed by atoms with Gasteiger partial charge in [0, 0.05) is 36.2 Å². The molecule has 0 aliphatic carbocycles. The van der Waals surface area contributed by atoms with Crippen molar-refractivity contribution in [3.05, 3.63) is 46.9 Å². The number of fused-ring (bicyclic) bond motifs is 2. The summed E-state index contributed by atoms with van der Waals surface area (Å²) in [6.45, 7) is 12.2. The fourth-order valence-corrected chi connectivity index (χ4v) is 3.12. The van der Waals surface area contributed by atoms with Gasteiger partial charge in [-0.05, 0) is 19.3 Å². The molecule has 1 fully saturated rings. The normalized spacial score (nSPS) is 19.1. The lowest BCUT2D eigenvalue weighted by Gasteiger charge is -2.42. The highest BCUT2D eigenvalue weighted by Gasteiger charge is 2.36. The molecule has 0 saturated carbocycles. The van der Waals surface area contributed by atoms with Crippen molar-refractivity contribution < 1.29 is 9.59 Å². The first-order valence-corrected chi connectivity index (χ1v) is 8.64. The third-order valence-corrected chi connectivity index (χ3v) is 4.63. The summed E-state index contributed by atoms with van der Waals surface area (Å²) < 4.78 is 1.63. The number of nitrogens with one attached hydrogen (secondary N) is 1. The number of Topliss-reactive ketones (excluding diaryl/α,β-unsaturated/α-hetero) is 1. The van der Waals surface area contributed by atoms with Crippen LogP contribution in [0.4, 0.5) is 0 Å². The first-order valence-electron chi connectivity index (χ1n) is 8.64. The molecule has 0 aromatic carbocycles. The Balaban J connectivity index is 0.00000109. The van der Waals surface area contributed by atoms with E-state index in [9.17, 15) is 14.4 Å². The lowest BCUT2D eigenvalue weighted by atomic mass is 9.86. The van der Waals surface area contributed by atoms with Gasteiger partial charge in [-0.25, -0.2) is 0 Å². The van der Waals surface area contributed by atoms with Gasteiger partial charge in [0.15, 0.2) is 5.43 Å². The highest BCUT2D eigenvalue weighted by molar-refractivity contribution is 5.97. The van der Waals surface area contributed by atoms with Gasteiger partial charge in [0.2, 0.25) is 0 Å². The summed E-state index contributed by atoms with van der Waals surface area (Å²) in [5.41, 5.74) is 3.10. The molecule has 3 heterocycles. The van der Waals surface area contributed by atoms with E-state index in [4.69, 9.17) is 0 Å². The number of carbonyl (C=O) groups is 2. The summed E-state index contributed by atoms with van der Waals surface area (Å²) in [6, 6.07) is 1.42. The van der Waals surface area contributed by atoms with Crippen LogP contribution in [0.15, 0.2) is 30.2 Å². The van der Waals surface area contributed by atoms with Gasteiger partial charge in [0.05, 0.1) is 0 Å². The van der Waals surface area contributed by atoms with E-state index in [1.807, 2.05) is 20.8 Å². The van der Waals surface area contributed by atoms with Gasteiger partial charge in [0.25, 0.3) is 5.91 Å². The number of amides is 1. The van der Waals surface area contributed by atoms with Gasteiger partial charge in [-0.3, -0.25) is 19.1 Å². The standard InChI is InChI=1S/C17H23N3O3.C2H4/c1-17(2,3)13(22)10-11-12(21)7-9-20-15(11)16(23)19-8-5-4-6-14(19)18-20;1-2/h7,9,14,18H,4-6,8,10H2,1-3H3;1-2H2/t14-;/m0./s1. The molecule has 0 radical (unpaired) electrons. The fraction of sp³-hybridized carbons (Fsp3) is 0.526. The minimum Gasteiger partial charge on any atom is -0.316 e. The molecule has 1 aromatic heterocycles. The van der Waals surface area contributed by atoms with Crippen molar-refractivity contribution in [3.63, 3.8) is 0 Å². The number of rotatable bonds is 2. The Morgan fingerprint density at radius 3 is 2.60 bits per heavy atom. The van der Waals surface area contributed by atoms with Crippen molar-refractivity contribution in [3.8, 4) is 0 Å². The summed E-state index contributed by atoms with van der Waals surface area (Å²) in [6.07, 6.45) is 4.49. The summed E-state index contributed by atoms with van der Waals surface area (Å²) in [4.78, 5) is 39.3. The van der Waals surface area contributed by atoms with Crippen molar-refractivity contribution in [1.82, 2.24) is 9.58 Å². The Kier molecular flexibility index (Phi) is 5.50.